The van der Waals surface area contributed by atoms with Crippen LogP contribution in [0.5, 0.6) is 11.5 Å². The standard InChI is InChI=1S/C31H30ClN3O6/c32-26-15-19(5-6-24(26)31(38)35-7-9-39-10-8-35)20-14-25(29-28(16-20)40-11-12-41-29)30(37)34-22(18-36)13-21-17-33-27-4-2-1-3-23(21)27/h1-6,14-17,22,33,36H,7-13,18H2,(H,34,37)/t22-/m1/s1. The number of fused-ring (bicyclic) bond motifs is 2. The van der Waals surface area contributed by atoms with E-state index < -0.39 is 11.9 Å². The largest absolute Gasteiger partial charge is 0.486 e. The number of morpholine rings is 1. The van der Waals surface area contributed by atoms with Crippen LogP contribution in [-0.4, -0.2) is 79.0 Å². The number of aromatic nitrogens is 1. The molecule has 9 nitrogen and oxygen atoms in total. The van der Waals surface area contributed by atoms with Crippen LogP contribution >= 0.6 is 11.6 Å². The molecule has 0 spiro atoms. The highest BCUT2D eigenvalue weighted by Gasteiger charge is 2.26. The third-order valence-electron chi connectivity index (χ3n) is 7.41. The van der Waals surface area contributed by atoms with Crippen LogP contribution in [0.3, 0.4) is 0 Å². The third-order valence-corrected chi connectivity index (χ3v) is 7.73. The number of aliphatic hydroxyl groups excluding tert-OH is 1. The summed E-state index contributed by atoms with van der Waals surface area (Å²) in [7, 11) is 0. The number of nitrogens with one attached hydrogen (secondary N) is 2. The van der Waals surface area contributed by atoms with Gasteiger partial charge in [0.25, 0.3) is 11.8 Å². The summed E-state index contributed by atoms with van der Waals surface area (Å²) in [5.41, 5.74) is 4.10. The minimum Gasteiger partial charge on any atom is -0.486 e. The Kier molecular flexibility index (Phi) is 7.82. The van der Waals surface area contributed by atoms with Crippen LogP contribution < -0.4 is 14.8 Å². The Morgan fingerprint density at radius 1 is 0.976 bits per heavy atom. The molecule has 10 heteroatoms. The molecule has 41 heavy (non-hydrogen) atoms. The van der Waals surface area contributed by atoms with E-state index in [1.165, 1.54) is 0 Å². The van der Waals surface area contributed by atoms with E-state index in [2.05, 4.69) is 10.3 Å². The van der Waals surface area contributed by atoms with Crippen molar-refractivity contribution in [2.45, 2.75) is 12.5 Å². The summed E-state index contributed by atoms with van der Waals surface area (Å²) in [6, 6.07) is 16.1. The number of ether oxygens (including phenoxy) is 3. The lowest BCUT2D eigenvalue weighted by molar-refractivity contribution is 0.0303. The molecule has 3 heterocycles. The van der Waals surface area contributed by atoms with Crippen molar-refractivity contribution >= 4 is 34.3 Å². The predicted molar refractivity (Wildman–Crippen MR) is 155 cm³/mol. The summed E-state index contributed by atoms with van der Waals surface area (Å²) < 4.78 is 17.0. The number of nitrogens with zero attached hydrogens (tertiary/aromatic N) is 1. The molecule has 2 amide bonds. The Labute approximate surface area is 242 Å². The van der Waals surface area contributed by atoms with Crippen molar-refractivity contribution in [1.82, 2.24) is 15.2 Å². The molecule has 0 aliphatic carbocycles. The van der Waals surface area contributed by atoms with Crippen molar-refractivity contribution in [2.75, 3.05) is 46.1 Å². The fraction of sp³-hybridized carbons (Fsp3) is 0.290. The number of aliphatic hydroxyl groups is 1. The third kappa shape index (κ3) is 5.61. The molecular formula is C31H30ClN3O6. The Balaban J connectivity index is 1.27. The Morgan fingerprint density at radius 2 is 1.78 bits per heavy atom. The number of hydrogen-bond acceptors (Lipinski definition) is 6. The molecule has 0 unspecified atom stereocenters. The first-order chi connectivity index (χ1) is 20.0. The van der Waals surface area contributed by atoms with Gasteiger partial charge in [0.15, 0.2) is 11.5 Å². The van der Waals surface area contributed by atoms with Crippen LogP contribution in [0.1, 0.15) is 26.3 Å². The minimum absolute atomic E-state index is 0.141. The monoisotopic (exact) mass is 575 g/mol. The average Bonchev–Trinajstić information content (AvgIpc) is 3.42. The first-order valence-electron chi connectivity index (χ1n) is 13.6. The molecular weight excluding hydrogens is 546 g/mol. The number of carbonyl (C=O) groups excluding carboxylic acids is 2. The van der Waals surface area contributed by atoms with Crippen molar-refractivity contribution in [3.8, 4) is 22.6 Å². The van der Waals surface area contributed by atoms with Crippen molar-refractivity contribution in [2.24, 2.45) is 0 Å². The molecule has 6 rings (SSSR count). The number of amides is 2. The van der Waals surface area contributed by atoms with Gasteiger partial charge in [-0.1, -0.05) is 35.9 Å². The van der Waals surface area contributed by atoms with Gasteiger partial charge in [-0.25, -0.2) is 0 Å². The second kappa shape index (κ2) is 11.8. The highest BCUT2D eigenvalue weighted by atomic mass is 35.5. The number of H-pyrrole nitrogens is 1. The Bertz CT molecular complexity index is 1600. The lowest BCUT2D eigenvalue weighted by Gasteiger charge is -2.27. The molecule has 2 aliphatic rings. The summed E-state index contributed by atoms with van der Waals surface area (Å²) >= 11 is 6.59. The predicted octanol–water partition coefficient (Wildman–Crippen LogP) is 4.07. The molecule has 212 valence electrons. The van der Waals surface area contributed by atoms with E-state index in [4.69, 9.17) is 25.8 Å². The maximum Gasteiger partial charge on any atom is 0.255 e. The summed E-state index contributed by atoms with van der Waals surface area (Å²) in [4.78, 5) is 31.5. The van der Waals surface area contributed by atoms with Crippen LogP contribution in [0.2, 0.25) is 5.02 Å². The highest BCUT2D eigenvalue weighted by Crippen LogP contribution is 2.39. The molecule has 1 aromatic heterocycles. The van der Waals surface area contributed by atoms with E-state index in [1.807, 2.05) is 30.5 Å². The first-order valence-corrected chi connectivity index (χ1v) is 14.0. The quantitative estimate of drug-likeness (QED) is 0.306. The van der Waals surface area contributed by atoms with E-state index >= 15 is 0 Å². The lowest BCUT2D eigenvalue weighted by atomic mass is 9.99. The minimum atomic E-state index is -0.523. The molecule has 0 radical (unpaired) electrons. The van der Waals surface area contributed by atoms with Gasteiger partial charge in [-0.05, 0) is 53.4 Å². The topological polar surface area (TPSA) is 113 Å². The van der Waals surface area contributed by atoms with E-state index in [9.17, 15) is 14.7 Å². The maximum absolute atomic E-state index is 13.6. The van der Waals surface area contributed by atoms with Crippen molar-refractivity contribution < 1.29 is 28.9 Å². The van der Waals surface area contributed by atoms with Gasteiger partial charge in [0.2, 0.25) is 0 Å². The van der Waals surface area contributed by atoms with Gasteiger partial charge >= 0.3 is 0 Å². The molecule has 1 atom stereocenters. The molecule has 0 bridgehead atoms. The zero-order valence-corrected chi connectivity index (χ0v) is 23.1. The maximum atomic E-state index is 13.6. The molecule has 2 aliphatic heterocycles. The Hall–Kier alpha value is -4.05. The molecule has 4 aromatic rings. The van der Waals surface area contributed by atoms with E-state index in [0.29, 0.717) is 79.1 Å². The van der Waals surface area contributed by atoms with E-state index in [0.717, 1.165) is 22.0 Å². The molecule has 3 N–H and O–H groups in total. The second-order valence-electron chi connectivity index (χ2n) is 10.1. The fourth-order valence-corrected chi connectivity index (χ4v) is 5.55. The van der Waals surface area contributed by atoms with Gasteiger partial charge in [-0.3, -0.25) is 9.59 Å². The summed E-state index contributed by atoms with van der Waals surface area (Å²) in [5, 5.41) is 14.5. The highest BCUT2D eigenvalue weighted by molar-refractivity contribution is 6.34. The summed E-state index contributed by atoms with van der Waals surface area (Å²) in [6.07, 6.45) is 2.34. The number of rotatable bonds is 7. The van der Waals surface area contributed by atoms with Gasteiger partial charge in [-0.15, -0.1) is 0 Å². The van der Waals surface area contributed by atoms with Gasteiger partial charge in [-0.2, -0.15) is 0 Å². The number of hydrogen-bond donors (Lipinski definition) is 3. The van der Waals surface area contributed by atoms with Crippen LogP contribution in [0.25, 0.3) is 22.0 Å². The first kappa shape index (κ1) is 27.1. The van der Waals surface area contributed by atoms with Crippen molar-refractivity contribution in [1.29, 1.82) is 0 Å². The average molecular weight is 576 g/mol. The second-order valence-corrected chi connectivity index (χ2v) is 10.5. The van der Waals surface area contributed by atoms with Gasteiger partial charge in [0, 0.05) is 30.2 Å². The molecule has 1 saturated heterocycles. The Morgan fingerprint density at radius 3 is 2.59 bits per heavy atom. The number of aromatic amines is 1. The molecule has 1 fully saturated rings. The zero-order valence-electron chi connectivity index (χ0n) is 22.3. The number of carbonyl (C=O) groups is 2. The number of benzene rings is 3. The van der Waals surface area contributed by atoms with Gasteiger partial charge < -0.3 is 34.5 Å². The van der Waals surface area contributed by atoms with Crippen molar-refractivity contribution in [3.05, 3.63) is 82.5 Å². The van der Waals surface area contributed by atoms with E-state index in [-0.39, 0.29) is 12.5 Å². The van der Waals surface area contributed by atoms with Gasteiger partial charge in [0.1, 0.15) is 13.2 Å². The van der Waals surface area contributed by atoms with E-state index in [1.54, 1.807) is 35.2 Å². The van der Waals surface area contributed by atoms with Crippen LogP contribution in [-0.2, 0) is 11.2 Å². The summed E-state index contributed by atoms with van der Waals surface area (Å²) in [5.74, 6) is 0.266. The van der Waals surface area contributed by atoms with Crippen LogP contribution in [0.4, 0.5) is 0 Å². The summed E-state index contributed by atoms with van der Waals surface area (Å²) in [6.45, 7) is 2.48. The fourth-order valence-electron chi connectivity index (χ4n) is 5.28. The van der Waals surface area contributed by atoms with Crippen LogP contribution in [0.15, 0.2) is 60.8 Å². The van der Waals surface area contributed by atoms with Gasteiger partial charge in [0.05, 0.1) is 42.0 Å². The SMILES string of the molecule is O=C(N[C@@H](CO)Cc1c[nH]c2ccccc12)c1cc(-c2ccc(C(=O)N3CCOCC3)c(Cl)c2)cc2c1OCCO2. The normalized spacial score (nSPS) is 15.5. The number of halogens is 1. The molecule has 0 saturated carbocycles. The van der Waals surface area contributed by atoms with Crippen LogP contribution in [0, 0.1) is 0 Å². The van der Waals surface area contributed by atoms with Crippen molar-refractivity contribution in [3.63, 3.8) is 0 Å². The number of para-hydroxylation sites is 1. The smallest absolute Gasteiger partial charge is 0.255 e. The molecule has 3 aromatic carbocycles. The zero-order chi connectivity index (χ0) is 28.3. The lowest BCUT2D eigenvalue weighted by Crippen LogP contribution is -2.40.